The maximum atomic E-state index is 5.83. The van der Waals surface area contributed by atoms with E-state index in [0.717, 1.165) is 18.9 Å². The summed E-state index contributed by atoms with van der Waals surface area (Å²) in [6, 6.07) is 0. The highest BCUT2D eigenvalue weighted by Crippen LogP contribution is 2.35. The molecule has 0 saturated heterocycles. The number of hydrogen-bond acceptors (Lipinski definition) is 3. The topological polar surface area (TPSA) is 56.7 Å². The van der Waals surface area contributed by atoms with Gasteiger partial charge >= 0.3 is 0 Å². The van der Waals surface area contributed by atoms with E-state index in [-0.39, 0.29) is 0 Å². The summed E-state index contributed by atoms with van der Waals surface area (Å²) in [6.45, 7) is 3.79. The van der Waals surface area contributed by atoms with E-state index in [1.807, 2.05) is 4.68 Å². The highest BCUT2D eigenvalue weighted by molar-refractivity contribution is 5.00. The van der Waals surface area contributed by atoms with Gasteiger partial charge in [0, 0.05) is 12.5 Å². The Morgan fingerprint density at radius 2 is 2.27 bits per heavy atom. The lowest BCUT2D eigenvalue weighted by Crippen LogP contribution is -2.27. The summed E-state index contributed by atoms with van der Waals surface area (Å²) in [6.07, 6.45) is 6.76. The van der Waals surface area contributed by atoms with Crippen molar-refractivity contribution >= 4 is 0 Å². The van der Waals surface area contributed by atoms with Crippen LogP contribution in [-0.4, -0.2) is 21.3 Å². The average molecular weight is 208 g/mol. The van der Waals surface area contributed by atoms with Crippen LogP contribution in [0.2, 0.25) is 0 Å². The Labute approximate surface area is 90.9 Å². The second-order valence-electron chi connectivity index (χ2n) is 4.32. The van der Waals surface area contributed by atoms with Crippen LogP contribution in [0, 0.1) is 5.92 Å². The number of nitrogens with two attached hydrogens (primary N) is 1. The molecule has 0 aliphatic heterocycles. The lowest BCUT2D eigenvalue weighted by atomic mass is 9.79. The van der Waals surface area contributed by atoms with Gasteiger partial charge in [-0.3, -0.25) is 4.68 Å². The standard InChI is InChI=1S/C11H20N4/c1-2-15-11(13-8-14-15)10-6-4-3-5-9(10)7-12/h8-10H,2-7,12H2,1H3. The molecule has 1 aromatic heterocycles. The first-order valence-corrected chi connectivity index (χ1v) is 5.94. The molecular weight excluding hydrogens is 188 g/mol. The number of aromatic nitrogens is 3. The van der Waals surface area contributed by atoms with E-state index >= 15 is 0 Å². The summed E-state index contributed by atoms with van der Waals surface area (Å²) >= 11 is 0. The van der Waals surface area contributed by atoms with Gasteiger partial charge in [0.05, 0.1) is 0 Å². The number of aryl methyl sites for hydroxylation is 1. The van der Waals surface area contributed by atoms with E-state index < -0.39 is 0 Å². The molecular formula is C11H20N4. The Hall–Kier alpha value is -0.900. The van der Waals surface area contributed by atoms with Gasteiger partial charge in [-0.25, -0.2) is 4.98 Å². The van der Waals surface area contributed by atoms with Gasteiger partial charge in [-0.05, 0) is 32.2 Å². The first kappa shape index (κ1) is 10.6. The maximum absolute atomic E-state index is 5.83. The van der Waals surface area contributed by atoms with Crippen LogP contribution in [0.4, 0.5) is 0 Å². The monoisotopic (exact) mass is 208 g/mol. The third-order valence-corrected chi connectivity index (χ3v) is 3.49. The largest absolute Gasteiger partial charge is 0.330 e. The molecule has 2 unspecified atom stereocenters. The van der Waals surface area contributed by atoms with Crippen LogP contribution in [0.5, 0.6) is 0 Å². The Morgan fingerprint density at radius 3 is 3.00 bits per heavy atom. The molecule has 4 heteroatoms. The fourth-order valence-electron chi connectivity index (χ4n) is 2.63. The quantitative estimate of drug-likeness (QED) is 0.819. The SMILES string of the molecule is CCn1ncnc1C1CCCCC1CN. The van der Waals surface area contributed by atoms with Crippen LogP contribution in [0.25, 0.3) is 0 Å². The van der Waals surface area contributed by atoms with Crippen molar-refractivity contribution in [1.82, 2.24) is 14.8 Å². The third-order valence-electron chi connectivity index (χ3n) is 3.49. The summed E-state index contributed by atoms with van der Waals surface area (Å²) < 4.78 is 2.01. The molecule has 1 aliphatic carbocycles. The van der Waals surface area contributed by atoms with Crippen molar-refractivity contribution in [2.45, 2.75) is 45.1 Å². The Bertz CT molecular complexity index is 307. The highest BCUT2D eigenvalue weighted by atomic mass is 15.3. The van der Waals surface area contributed by atoms with E-state index in [2.05, 4.69) is 17.0 Å². The predicted octanol–water partition coefficient (Wildman–Crippen LogP) is 1.53. The van der Waals surface area contributed by atoms with Crippen LogP contribution in [-0.2, 0) is 6.54 Å². The Kier molecular flexibility index (Phi) is 3.36. The normalized spacial score (nSPS) is 26.8. The van der Waals surface area contributed by atoms with Gasteiger partial charge in [0.1, 0.15) is 12.2 Å². The zero-order valence-corrected chi connectivity index (χ0v) is 9.39. The van der Waals surface area contributed by atoms with E-state index in [4.69, 9.17) is 5.73 Å². The van der Waals surface area contributed by atoms with Gasteiger partial charge < -0.3 is 5.73 Å². The fourth-order valence-corrected chi connectivity index (χ4v) is 2.63. The molecule has 1 fully saturated rings. The molecule has 2 atom stereocenters. The van der Waals surface area contributed by atoms with Crippen molar-refractivity contribution in [3.8, 4) is 0 Å². The van der Waals surface area contributed by atoms with Gasteiger partial charge in [0.15, 0.2) is 0 Å². The molecule has 4 nitrogen and oxygen atoms in total. The first-order valence-electron chi connectivity index (χ1n) is 5.94. The van der Waals surface area contributed by atoms with Crippen molar-refractivity contribution in [2.75, 3.05) is 6.54 Å². The molecule has 0 radical (unpaired) electrons. The molecule has 1 aromatic rings. The lowest BCUT2D eigenvalue weighted by Gasteiger charge is -2.29. The Balaban J connectivity index is 2.20. The smallest absolute Gasteiger partial charge is 0.138 e. The van der Waals surface area contributed by atoms with E-state index in [0.29, 0.717) is 11.8 Å². The predicted molar refractivity (Wildman–Crippen MR) is 59.4 cm³/mol. The summed E-state index contributed by atoms with van der Waals surface area (Å²) in [5, 5.41) is 4.24. The van der Waals surface area contributed by atoms with Crippen molar-refractivity contribution in [3.63, 3.8) is 0 Å². The zero-order chi connectivity index (χ0) is 10.7. The highest BCUT2D eigenvalue weighted by Gasteiger charge is 2.28. The zero-order valence-electron chi connectivity index (χ0n) is 9.39. The van der Waals surface area contributed by atoms with E-state index in [9.17, 15) is 0 Å². The third kappa shape index (κ3) is 2.04. The molecule has 0 bridgehead atoms. The summed E-state index contributed by atoms with van der Waals surface area (Å²) in [7, 11) is 0. The summed E-state index contributed by atoms with van der Waals surface area (Å²) in [4.78, 5) is 4.41. The van der Waals surface area contributed by atoms with Crippen LogP contribution < -0.4 is 5.73 Å². The van der Waals surface area contributed by atoms with E-state index in [1.165, 1.54) is 25.7 Å². The minimum Gasteiger partial charge on any atom is -0.330 e. The second-order valence-corrected chi connectivity index (χ2v) is 4.32. The van der Waals surface area contributed by atoms with Gasteiger partial charge in [-0.1, -0.05) is 12.8 Å². The number of hydrogen-bond donors (Lipinski definition) is 1. The van der Waals surface area contributed by atoms with Crippen molar-refractivity contribution in [3.05, 3.63) is 12.2 Å². The number of nitrogens with zero attached hydrogens (tertiary/aromatic N) is 3. The van der Waals surface area contributed by atoms with E-state index in [1.54, 1.807) is 6.33 Å². The molecule has 1 saturated carbocycles. The van der Waals surface area contributed by atoms with Crippen molar-refractivity contribution in [1.29, 1.82) is 0 Å². The van der Waals surface area contributed by atoms with Crippen molar-refractivity contribution in [2.24, 2.45) is 11.7 Å². The molecule has 0 spiro atoms. The van der Waals surface area contributed by atoms with Gasteiger partial charge in [-0.2, -0.15) is 5.10 Å². The molecule has 84 valence electrons. The number of rotatable bonds is 3. The molecule has 2 rings (SSSR count). The molecule has 15 heavy (non-hydrogen) atoms. The molecule has 1 heterocycles. The van der Waals surface area contributed by atoms with Gasteiger partial charge in [0.2, 0.25) is 0 Å². The fraction of sp³-hybridized carbons (Fsp3) is 0.818. The second kappa shape index (κ2) is 4.75. The van der Waals surface area contributed by atoms with Crippen molar-refractivity contribution < 1.29 is 0 Å². The van der Waals surface area contributed by atoms with Gasteiger partial charge in [0.25, 0.3) is 0 Å². The van der Waals surface area contributed by atoms with Crippen LogP contribution >= 0.6 is 0 Å². The molecule has 2 N–H and O–H groups in total. The molecule has 1 aliphatic rings. The minimum atomic E-state index is 0.534. The Morgan fingerprint density at radius 1 is 1.47 bits per heavy atom. The maximum Gasteiger partial charge on any atom is 0.138 e. The summed E-state index contributed by atoms with van der Waals surface area (Å²) in [5.41, 5.74) is 5.83. The first-order chi connectivity index (χ1) is 7.36. The van der Waals surface area contributed by atoms with Crippen LogP contribution in [0.3, 0.4) is 0 Å². The average Bonchev–Trinajstić information content (AvgIpc) is 2.76. The van der Waals surface area contributed by atoms with Crippen LogP contribution in [0.1, 0.15) is 44.3 Å². The van der Waals surface area contributed by atoms with Crippen LogP contribution in [0.15, 0.2) is 6.33 Å². The molecule has 0 aromatic carbocycles. The minimum absolute atomic E-state index is 0.534. The molecule has 0 amide bonds. The summed E-state index contributed by atoms with van der Waals surface area (Å²) in [5.74, 6) is 2.28. The van der Waals surface area contributed by atoms with Gasteiger partial charge in [-0.15, -0.1) is 0 Å². The lowest BCUT2D eigenvalue weighted by molar-refractivity contribution is 0.295.